The van der Waals surface area contributed by atoms with Crippen LogP contribution in [0.2, 0.25) is 0 Å². The number of rotatable bonds is 2. The summed E-state index contributed by atoms with van der Waals surface area (Å²) in [6, 6.07) is 11.8. The van der Waals surface area contributed by atoms with Crippen LogP contribution in [0, 0.1) is 25.2 Å². The number of allylic oxidation sites excluding steroid dienone is 1. The Morgan fingerprint density at radius 1 is 1.16 bits per heavy atom. The van der Waals surface area contributed by atoms with E-state index in [-0.39, 0.29) is 0 Å². The van der Waals surface area contributed by atoms with Crippen LogP contribution in [0.1, 0.15) is 22.3 Å². The molecule has 1 aromatic heterocycles. The lowest BCUT2D eigenvalue weighted by atomic mass is 10.00. The van der Waals surface area contributed by atoms with Crippen molar-refractivity contribution in [2.75, 3.05) is 0 Å². The SMILES string of the molecule is Cc1ccc(C)c(/C(Cl)=C(/C#N)c2ccncc2)c1. The highest BCUT2D eigenvalue weighted by molar-refractivity contribution is 6.53. The maximum absolute atomic E-state index is 9.36. The highest BCUT2D eigenvalue weighted by Gasteiger charge is 2.11. The molecule has 0 spiro atoms. The van der Waals surface area contributed by atoms with E-state index in [4.69, 9.17) is 11.6 Å². The number of benzene rings is 1. The zero-order valence-corrected chi connectivity index (χ0v) is 11.6. The maximum atomic E-state index is 9.36. The van der Waals surface area contributed by atoms with Crippen molar-refractivity contribution >= 4 is 22.2 Å². The Labute approximate surface area is 118 Å². The van der Waals surface area contributed by atoms with Gasteiger partial charge in [-0.1, -0.05) is 35.4 Å². The molecule has 3 heteroatoms. The van der Waals surface area contributed by atoms with Crippen molar-refractivity contribution in [1.82, 2.24) is 4.98 Å². The Bertz CT molecular complexity index is 667. The average molecular weight is 269 g/mol. The highest BCUT2D eigenvalue weighted by Crippen LogP contribution is 2.31. The van der Waals surface area contributed by atoms with E-state index in [1.807, 2.05) is 32.0 Å². The van der Waals surface area contributed by atoms with Crippen LogP contribution in [0.5, 0.6) is 0 Å². The van der Waals surface area contributed by atoms with Crippen LogP contribution in [0.3, 0.4) is 0 Å². The third-order valence-electron chi connectivity index (χ3n) is 2.93. The monoisotopic (exact) mass is 268 g/mol. The lowest BCUT2D eigenvalue weighted by Gasteiger charge is -2.08. The first-order valence-corrected chi connectivity index (χ1v) is 6.29. The zero-order chi connectivity index (χ0) is 13.8. The molecule has 0 amide bonds. The molecule has 0 unspecified atom stereocenters. The van der Waals surface area contributed by atoms with Gasteiger partial charge in [-0.15, -0.1) is 0 Å². The molecule has 19 heavy (non-hydrogen) atoms. The number of hydrogen-bond donors (Lipinski definition) is 0. The fourth-order valence-electron chi connectivity index (χ4n) is 1.87. The van der Waals surface area contributed by atoms with Crippen molar-refractivity contribution in [3.05, 3.63) is 65.0 Å². The Morgan fingerprint density at radius 3 is 2.47 bits per heavy atom. The number of aryl methyl sites for hydroxylation is 2. The first-order valence-electron chi connectivity index (χ1n) is 5.91. The zero-order valence-electron chi connectivity index (χ0n) is 10.8. The van der Waals surface area contributed by atoms with E-state index in [1.165, 1.54) is 0 Å². The summed E-state index contributed by atoms with van der Waals surface area (Å²) in [5.41, 5.74) is 4.32. The topological polar surface area (TPSA) is 36.7 Å². The molecule has 2 aromatic rings. The van der Waals surface area contributed by atoms with E-state index in [9.17, 15) is 5.26 Å². The third kappa shape index (κ3) is 2.83. The molecule has 1 heterocycles. The lowest BCUT2D eigenvalue weighted by Crippen LogP contribution is -1.90. The quantitative estimate of drug-likeness (QED) is 0.760. The molecule has 0 aliphatic rings. The molecular formula is C16H13ClN2. The van der Waals surface area contributed by atoms with Gasteiger partial charge >= 0.3 is 0 Å². The lowest BCUT2D eigenvalue weighted by molar-refractivity contribution is 1.32. The largest absolute Gasteiger partial charge is 0.265 e. The fourth-order valence-corrected chi connectivity index (χ4v) is 2.22. The van der Waals surface area contributed by atoms with Gasteiger partial charge in [-0.3, -0.25) is 4.98 Å². The van der Waals surface area contributed by atoms with Crippen molar-refractivity contribution in [3.8, 4) is 6.07 Å². The summed E-state index contributed by atoms with van der Waals surface area (Å²) in [4.78, 5) is 3.95. The highest BCUT2D eigenvalue weighted by atomic mass is 35.5. The maximum Gasteiger partial charge on any atom is 0.101 e. The summed E-state index contributed by atoms with van der Waals surface area (Å²) in [7, 11) is 0. The Hall–Kier alpha value is -2.11. The minimum absolute atomic E-state index is 0.470. The number of nitriles is 1. The molecule has 0 radical (unpaired) electrons. The van der Waals surface area contributed by atoms with Crippen LogP contribution in [0.15, 0.2) is 42.7 Å². The molecule has 0 atom stereocenters. The van der Waals surface area contributed by atoms with Crippen LogP contribution in [-0.2, 0) is 0 Å². The van der Waals surface area contributed by atoms with Crippen molar-refractivity contribution in [2.24, 2.45) is 0 Å². The second kappa shape index (κ2) is 5.69. The molecule has 94 valence electrons. The second-order valence-corrected chi connectivity index (χ2v) is 4.73. The van der Waals surface area contributed by atoms with Crippen LogP contribution < -0.4 is 0 Å². The van der Waals surface area contributed by atoms with Gasteiger partial charge in [-0.05, 0) is 42.7 Å². The van der Waals surface area contributed by atoms with E-state index >= 15 is 0 Å². The van der Waals surface area contributed by atoms with E-state index in [0.717, 1.165) is 22.3 Å². The summed E-state index contributed by atoms with van der Waals surface area (Å²) in [6.07, 6.45) is 3.31. The van der Waals surface area contributed by atoms with Crippen molar-refractivity contribution in [1.29, 1.82) is 5.26 Å². The van der Waals surface area contributed by atoms with Gasteiger partial charge in [0.2, 0.25) is 0 Å². The van der Waals surface area contributed by atoms with E-state index in [2.05, 4.69) is 11.1 Å². The van der Waals surface area contributed by atoms with Gasteiger partial charge in [0.25, 0.3) is 0 Å². The first kappa shape index (κ1) is 13.3. The summed E-state index contributed by atoms with van der Waals surface area (Å²) in [6.45, 7) is 3.99. The molecule has 0 bridgehead atoms. The molecule has 2 nitrogen and oxygen atoms in total. The van der Waals surface area contributed by atoms with Crippen LogP contribution in [-0.4, -0.2) is 4.98 Å². The fraction of sp³-hybridized carbons (Fsp3) is 0.125. The standard InChI is InChI=1S/C16H13ClN2/c1-11-3-4-12(2)14(9-11)16(17)15(10-18)13-5-7-19-8-6-13/h3-9H,1-2H3/b16-15+. The van der Waals surface area contributed by atoms with E-state index < -0.39 is 0 Å². The Balaban J connectivity index is 2.62. The van der Waals surface area contributed by atoms with Gasteiger partial charge in [-0.2, -0.15) is 5.26 Å². The summed E-state index contributed by atoms with van der Waals surface area (Å²) in [5.74, 6) is 0. The van der Waals surface area contributed by atoms with Crippen LogP contribution in [0.25, 0.3) is 10.6 Å². The van der Waals surface area contributed by atoms with E-state index in [0.29, 0.717) is 10.6 Å². The summed E-state index contributed by atoms with van der Waals surface area (Å²) >= 11 is 6.42. The summed E-state index contributed by atoms with van der Waals surface area (Å²) < 4.78 is 0. The molecular weight excluding hydrogens is 256 g/mol. The Kier molecular flexibility index (Phi) is 3.99. The molecule has 0 saturated heterocycles. The number of nitrogens with zero attached hydrogens (tertiary/aromatic N) is 2. The minimum Gasteiger partial charge on any atom is -0.265 e. The second-order valence-electron chi connectivity index (χ2n) is 4.36. The predicted octanol–water partition coefficient (Wildman–Crippen LogP) is 4.33. The number of hydrogen-bond acceptors (Lipinski definition) is 2. The number of pyridine rings is 1. The van der Waals surface area contributed by atoms with Gasteiger partial charge in [0.15, 0.2) is 0 Å². The normalized spacial score (nSPS) is 11.7. The molecule has 0 saturated carbocycles. The predicted molar refractivity (Wildman–Crippen MR) is 78.4 cm³/mol. The molecule has 0 fully saturated rings. The number of aromatic nitrogens is 1. The number of halogens is 1. The Morgan fingerprint density at radius 2 is 1.84 bits per heavy atom. The third-order valence-corrected chi connectivity index (χ3v) is 3.32. The average Bonchev–Trinajstić information content (AvgIpc) is 2.43. The van der Waals surface area contributed by atoms with Crippen molar-refractivity contribution < 1.29 is 0 Å². The van der Waals surface area contributed by atoms with Gasteiger partial charge in [-0.25, -0.2) is 0 Å². The smallest absolute Gasteiger partial charge is 0.101 e. The van der Waals surface area contributed by atoms with Gasteiger partial charge in [0.05, 0.1) is 10.6 Å². The van der Waals surface area contributed by atoms with Gasteiger partial charge in [0, 0.05) is 12.4 Å². The molecule has 0 aliphatic carbocycles. The first-order chi connectivity index (χ1) is 9.13. The molecule has 0 N–H and O–H groups in total. The van der Waals surface area contributed by atoms with Crippen molar-refractivity contribution in [3.63, 3.8) is 0 Å². The molecule has 0 aliphatic heterocycles. The summed E-state index contributed by atoms with van der Waals surface area (Å²) in [5, 5.41) is 9.84. The van der Waals surface area contributed by atoms with E-state index in [1.54, 1.807) is 24.5 Å². The molecule has 2 rings (SSSR count). The minimum atomic E-state index is 0.470. The van der Waals surface area contributed by atoms with Crippen LogP contribution in [0.4, 0.5) is 0 Å². The van der Waals surface area contributed by atoms with Gasteiger partial charge < -0.3 is 0 Å². The van der Waals surface area contributed by atoms with Gasteiger partial charge in [0.1, 0.15) is 6.07 Å². The van der Waals surface area contributed by atoms with Crippen LogP contribution >= 0.6 is 11.6 Å². The molecule has 1 aromatic carbocycles. The van der Waals surface area contributed by atoms with Crippen molar-refractivity contribution in [2.45, 2.75) is 13.8 Å².